The first-order chi connectivity index (χ1) is 17.4. The molecular formula is C26H19Cl2FN4O2S. The summed E-state index contributed by atoms with van der Waals surface area (Å²) in [6.45, 7) is 0.213. The summed E-state index contributed by atoms with van der Waals surface area (Å²) >= 11 is 11.3. The van der Waals surface area contributed by atoms with Gasteiger partial charge < -0.3 is 9.87 Å². The van der Waals surface area contributed by atoms with Gasteiger partial charge in [-0.2, -0.15) is 5.10 Å². The van der Waals surface area contributed by atoms with Crippen LogP contribution >= 0.6 is 23.2 Å². The number of rotatable bonds is 5. The van der Waals surface area contributed by atoms with E-state index < -0.39 is 17.1 Å². The van der Waals surface area contributed by atoms with Gasteiger partial charge >= 0.3 is 0 Å². The average Bonchev–Trinajstić information content (AvgIpc) is 3.24. The van der Waals surface area contributed by atoms with Crippen LogP contribution in [0.15, 0.2) is 66.9 Å². The number of nitrogens with zero attached hydrogens (tertiary/aromatic N) is 3. The SMILES string of the molecule is O=C(NCc1ccccn1)c1nn(-c2ccc(Cl)cc2Cl)c2c1C[S+]([O-])C/C2=C\c1ccc(F)cc1. The maximum atomic E-state index is 13.5. The van der Waals surface area contributed by atoms with E-state index in [1.54, 1.807) is 53.3 Å². The number of carbonyl (C=O) groups is 1. The molecule has 36 heavy (non-hydrogen) atoms. The summed E-state index contributed by atoms with van der Waals surface area (Å²) in [4.78, 5) is 17.5. The monoisotopic (exact) mass is 540 g/mol. The molecule has 3 heterocycles. The molecule has 5 rings (SSSR count). The molecular weight excluding hydrogens is 522 g/mol. The molecule has 2 aromatic carbocycles. The quantitative estimate of drug-likeness (QED) is 0.341. The molecule has 0 aliphatic carbocycles. The molecule has 0 fully saturated rings. The van der Waals surface area contributed by atoms with E-state index >= 15 is 0 Å². The number of fused-ring (bicyclic) bond motifs is 1. The summed E-state index contributed by atoms with van der Waals surface area (Å²) in [6, 6.07) is 16.4. The molecule has 0 radical (unpaired) electrons. The highest BCUT2D eigenvalue weighted by Crippen LogP contribution is 2.36. The maximum Gasteiger partial charge on any atom is 0.272 e. The molecule has 1 unspecified atom stereocenters. The van der Waals surface area contributed by atoms with Crippen molar-refractivity contribution in [3.05, 3.63) is 111 Å². The Morgan fingerprint density at radius 1 is 1.14 bits per heavy atom. The molecule has 1 N–H and O–H groups in total. The Bertz CT molecular complexity index is 1460. The minimum absolute atomic E-state index is 0.157. The Kier molecular flexibility index (Phi) is 7.11. The molecule has 182 valence electrons. The Morgan fingerprint density at radius 2 is 1.94 bits per heavy atom. The lowest BCUT2D eigenvalue weighted by atomic mass is 10.0. The van der Waals surface area contributed by atoms with Crippen LogP contribution in [0.4, 0.5) is 4.39 Å². The Morgan fingerprint density at radius 3 is 2.67 bits per heavy atom. The molecule has 4 aromatic rings. The van der Waals surface area contributed by atoms with Crippen LogP contribution in [0.1, 0.15) is 33.0 Å². The molecule has 1 aliphatic heterocycles. The maximum absolute atomic E-state index is 13.5. The summed E-state index contributed by atoms with van der Waals surface area (Å²) < 4.78 is 27.9. The van der Waals surface area contributed by atoms with Crippen molar-refractivity contribution in [2.24, 2.45) is 0 Å². The first-order valence-corrected chi connectivity index (χ1v) is 13.2. The van der Waals surface area contributed by atoms with Crippen molar-refractivity contribution >= 4 is 51.9 Å². The topological polar surface area (TPSA) is 82.9 Å². The molecule has 0 saturated carbocycles. The van der Waals surface area contributed by atoms with Crippen molar-refractivity contribution < 1.29 is 13.7 Å². The third-order valence-corrected chi connectivity index (χ3v) is 7.41. The Hall–Kier alpha value is -3.17. The molecule has 6 nitrogen and oxygen atoms in total. The standard InChI is InChI=1S/C26H19Cl2FN4O2S/c27-18-6-9-23(22(28)12-18)33-25-17(11-16-4-7-19(29)8-5-16)14-36(35)15-21(25)24(32-33)26(34)31-13-20-3-1-2-10-30-20/h1-12H,13-15H2,(H,31,34)/b17-11+. The van der Waals surface area contributed by atoms with Gasteiger partial charge in [0.2, 0.25) is 0 Å². The van der Waals surface area contributed by atoms with Crippen LogP contribution in [-0.2, 0) is 23.5 Å². The second-order valence-corrected chi connectivity index (χ2v) is 10.4. The minimum atomic E-state index is -1.27. The van der Waals surface area contributed by atoms with Gasteiger partial charge in [0.25, 0.3) is 5.91 Å². The fourth-order valence-electron chi connectivity index (χ4n) is 4.01. The predicted octanol–water partition coefficient (Wildman–Crippen LogP) is 5.45. The highest BCUT2D eigenvalue weighted by atomic mass is 35.5. The van der Waals surface area contributed by atoms with Crippen LogP contribution < -0.4 is 5.32 Å². The molecule has 0 bridgehead atoms. The Labute approximate surface area is 220 Å². The number of amides is 1. The van der Waals surface area contributed by atoms with Gasteiger partial charge in [0, 0.05) is 16.8 Å². The second kappa shape index (κ2) is 10.4. The largest absolute Gasteiger partial charge is 0.616 e. The van der Waals surface area contributed by atoms with Gasteiger partial charge in [-0.05, 0) is 65.3 Å². The zero-order valence-corrected chi connectivity index (χ0v) is 21.1. The molecule has 2 aromatic heterocycles. The smallest absolute Gasteiger partial charge is 0.272 e. The van der Waals surface area contributed by atoms with Crippen LogP contribution in [0.3, 0.4) is 0 Å². The summed E-state index contributed by atoms with van der Waals surface area (Å²) in [7, 11) is 0. The molecule has 0 saturated heterocycles. The lowest BCUT2D eigenvalue weighted by Gasteiger charge is -2.21. The molecule has 1 aliphatic rings. The molecule has 10 heteroatoms. The van der Waals surface area contributed by atoms with E-state index in [2.05, 4.69) is 15.4 Å². The fourth-order valence-corrected chi connectivity index (χ4v) is 5.76. The van der Waals surface area contributed by atoms with E-state index in [-0.39, 0.29) is 29.6 Å². The predicted molar refractivity (Wildman–Crippen MR) is 140 cm³/mol. The first-order valence-electron chi connectivity index (χ1n) is 11.0. The van der Waals surface area contributed by atoms with Gasteiger partial charge in [0.15, 0.2) is 5.69 Å². The highest BCUT2D eigenvalue weighted by molar-refractivity contribution is 7.91. The Balaban J connectivity index is 1.62. The summed E-state index contributed by atoms with van der Waals surface area (Å²) in [6.07, 6.45) is 3.48. The number of nitrogens with one attached hydrogen (secondary N) is 1. The lowest BCUT2D eigenvalue weighted by molar-refractivity contribution is 0.0944. The van der Waals surface area contributed by atoms with Crippen molar-refractivity contribution in [3.8, 4) is 5.69 Å². The van der Waals surface area contributed by atoms with Crippen LogP contribution in [0.5, 0.6) is 0 Å². The fraction of sp³-hybridized carbons (Fsp3) is 0.115. The van der Waals surface area contributed by atoms with Crippen molar-refractivity contribution in [1.29, 1.82) is 0 Å². The number of aromatic nitrogens is 3. The number of benzene rings is 2. The van der Waals surface area contributed by atoms with Crippen molar-refractivity contribution in [2.45, 2.75) is 12.3 Å². The third kappa shape index (κ3) is 5.17. The van der Waals surface area contributed by atoms with Gasteiger partial charge in [-0.25, -0.2) is 9.07 Å². The second-order valence-electron chi connectivity index (χ2n) is 8.14. The number of pyridine rings is 1. The number of carbonyl (C=O) groups excluding carboxylic acids is 1. The number of halogens is 3. The van der Waals surface area contributed by atoms with E-state index in [9.17, 15) is 13.7 Å². The van der Waals surface area contributed by atoms with Gasteiger partial charge in [0.05, 0.1) is 34.2 Å². The minimum Gasteiger partial charge on any atom is -0.616 e. The third-order valence-electron chi connectivity index (χ3n) is 5.63. The number of hydrogen-bond donors (Lipinski definition) is 1. The summed E-state index contributed by atoms with van der Waals surface area (Å²) in [5.74, 6) is -0.361. The van der Waals surface area contributed by atoms with E-state index in [1.165, 1.54) is 12.1 Å². The van der Waals surface area contributed by atoms with Crippen LogP contribution in [-0.4, -0.2) is 31.0 Å². The van der Waals surface area contributed by atoms with Crippen LogP contribution in [0.2, 0.25) is 10.0 Å². The lowest BCUT2D eigenvalue weighted by Crippen LogP contribution is -2.26. The normalized spacial score (nSPS) is 16.1. The van der Waals surface area contributed by atoms with Gasteiger partial charge in [0.1, 0.15) is 17.3 Å². The van der Waals surface area contributed by atoms with Crippen molar-refractivity contribution in [2.75, 3.05) is 5.75 Å². The molecule has 0 spiro atoms. The average molecular weight is 541 g/mol. The van der Waals surface area contributed by atoms with Crippen LogP contribution in [0, 0.1) is 5.82 Å². The zero-order valence-electron chi connectivity index (χ0n) is 18.7. The van der Waals surface area contributed by atoms with Crippen LogP contribution in [0.25, 0.3) is 17.3 Å². The van der Waals surface area contributed by atoms with E-state index in [1.807, 2.05) is 12.1 Å². The van der Waals surface area contributed by atoms with E-state index in [0.717, 1.165) is 5.56 Å². The first kappa shape index (κ1) is 24.5. The van der Waals surface area contributed by atoms with Crippen molar-refractivity contribution in [1.82, 2.24) is 20.1 Å². The highest BCUT2D eigenvalue weighted by Gasteiger charge is 2.34. The number of hydrogen-bond acceptors (Lipinski definition) is 4. The summed E-state index contributed by atoms with van der Waals surface area (Å²) in [5, 5.41) is 8.28. The van der Waals surface area contributed by atoms with Crippen molar-refractivity contribution in [3.63, 3.8) is 0 Å². The van der Waals surface area contributed by atoms with Gasteiger partial charge in [-0.3, -0.25) is 9.78 Å². The molecule has 1 amide bonds. The zero-order chi connectivity index (χ0) is 25.2. The van der Waals surface area contributed by atoms with E-state index in [0.29, 0.717) is 38.3 Å². The van der Waals surface area contributed by atoms with Gasteiger partial charge in [-0.1, -0.05) is 41.4 Å². The van der Waals surface area contributed by atoms with E-state index in [4.69, 9.17) is 23.2 Å². The van der Waals surface area contributed by atoms with Gasteiger partial charge in [-0.15, -0.1) is 0 Å². The summed E-state index contributed by atoms with van der Waals surface area (Å²) in [5.41, 5.74) is 3.99. The molecule has 1 atom stereocenters.